The predicted octanol–water partition coefficient (Wildman–Crippen LogP) is 3.97. The Morgan fingerprint density at radius 2 is 1.78 bits per heavy atom. The molecule has 0 radical (unpaired) electrons. The van der Waals surface area contributed by atoms with E-state index in [1.165, 1.54) is 42.5 Å². The van der Waals surface area contributed by atoms with Crippen LogP contribution in [0.4, 0.5) is 5.00 Å². The van der Waals surface area contributed by atoms with Gasteiger partial charge in [0.25, 0.3) is 0 Å². The highest BCUT2D eigenvalue weighted by Crippen LogP contribution is 2.39. The molecule has 2 N–H and O–H groups in total. The average molecular weight is 263 g/mol. The molecule has 0 aliphatic heterocycles. The van der Waals surface area contributed by atoms with Crippen molar-refractivity contribution in [3.8, 4) is 0 Å². The Balaban J connectivity index is 1.90. The molecule has 18 heavy (non-hydrogen) atoms. The average Bonchev–Trinajstić information content (AvgIpc) is 2.75. The largest absolute Gasteiger partial charge is 0.390 e. The Morgan fingerprint density at radius 3 is 2.56 bits per heavy atom. The van der Waals surface area contributed by atoms with Gasteiger partial charge in [-0.25, -0.2) is 0 Å². The number of ketones is 1. The fourth-order valence-corrected chi connectivity index (χ4v) is 4.59. The second kappa shape index (κ2) is 5.04. The first-order valence-electron chi connectivity index (χ1n) is 7.21. The maximum atomic E-state index is 12.7. The van der Waals surface area contributed by atoms with Gasteiger partial charge in [-0.15, -0.1) is 11.3 Å². The maximum absolute atomic E-state index is 12.7. The number of thiophene rings is 1. The van der Waals surface area contributed by atoms with Crippen molar-refractivity contribution >= 4 is 22.1 Å². The van der Waals surface area contributed by atoms with Crippen molar-refractivity contribution in [2.75, 3.05) is 5.73 Å². The van der Waals surface area contributed by atoms with Crippen LogP contribution < -0.4 is 5.73 Å². The summed E-state index contributed by atoms with van der Waals surface area (Å²) in [5, 5.41) is 0.789. The number of nitrogens with two attached hydrogens (primary N) is 1. The Morgan fingerprint density at radius 1 is 1.06 bits per heavy atom. The minimum Gasteiger partial charge on any atom is -0.390 e. The number of Topliss-reactive ketones (excluding diaryl/α,β-unsaturated/α-hetero) is 1. The van der Waals surface area contributed by atoms with Crippen molar-refractivity contribution in [1.82, 2.24) is 0 Å². The van der Waals surface area contributed by atoms with E-state index in [1.54, 1.807) is 11.3 Å². The third-order valence-electron chi connectivity index (χ3n) is 4.42. The van der Waals surface area contributed by atoms with Gasteiger partial charge in [0.15, 0.2) is 5.78 Å². The van der Waals surface area contributed by atoms with Crippen LogP contribution in [0.2, 0.25) is 0 Å². The quantitative estimate of drug-likeness (QED) is 0.820. The monoisotopic (exact) mass is 263 g/mol. The van der Waals surface area contributed by atoms with Crippen LogP contribution in [-0.4, -0.2) is 5.78 Å². The van der Waals surface area contributed by atoms with Crippen LogP contribution in [0.25, 0.3) is 0 Å². The number of carbonyl (C=O) groups excluding carboxylic acids is 1. The van der Waals surface area contributed by atoms with Crippen LogP contribution in [0.3, 0.4) is 0 Å². The van der Waals surface area contributed by atoms with Crippen molar-refractivity contribution in [1.29, 1.82) is 0 Å². The van der Waals surface area contributed by atoms with Gasteiger partial charge in [-0.05, 0) is 44.1 Å². The summed E-state index contributed by atoms with van der Waals surface area (Å²) in [6.07, 6.45) is 10.5. The van der Waals surface area contributed by atoms with Gasteiger partial charge in [0.1, 0.15) is 0 Å². The summed E-state index contributed by atoms with van der Waals surface area (Å²) in [6, 6.07) is 0. The number of nitrogen functional groups attached to an aromatic ring is 1. The fraction of sp³-hybridized carbons (Fsp3) is 0.667. The third kappa shape index (κ3) is 2.09. The van der Waals surface area contributed by atoms with E-state index < -0.39 is 0 Å². The normalized spacial score (nSPS) is 20.7. The fourth-order valence-electron chi connectivity index (χ4n) is 3.43. The van der Waals surface area contributed by atoms with Gasteiger partial charge in [0, 0.05) is 10.8 Å². The number of hydrogen-bond donors (Lipinski definition) is 1. The highest BCUT2D eigenvalue weighted by atomic mass is 32.1. The van der Waals surface area contributed by atoms with Crippen LogP contribution in [0.1, 0.15) is 65.7 Å². The summed E-state index contributed by atoms with van der Waals surface area (Å²) < 4.78 is 0. The lowest BCUT2D eigenvalue weighted by Crippen LogP contribution is -2.20. The first-order valence-corrected chi connectivity index (χ1v) is 8.03. The van der Waals surface area contributed by atoms with Crippen molar-refractivity contribution in [3.63, 3.8) is 0 Å². The molecule has 98 valence electrons. The molecule has 3 rings (SSSR count). The van der Waals surface area contributed by atoms with Crippen LogP contribution >= 0.6 is 11.3 Å². The number of fused-ring (bicyclic) bond motifs is 1. The van der Waals surface area contributed by atoms with E-state index in [-0.39, 0.29) is 5.92 Å². The van der Waals surface area contributed by atoms with Crippen molar-refractivity contribution < 1.29 is 4.79 Å². The third-order valence-corrected chi connectivity index (χ3v) is 5.54. The zero-order valence-corrected chi connectivity index (χ0v) is 11.7. The lowest BCUT2D eigenvalue weighted by atomic mass is 9.82. The molecule has 0 unspecified atom stereocenters. The predicted molar refractivity (Wildman–Crippen MR) is 76.3 cm³/mol. The molecule has 1 heterocycles. The number of anilines is 1. The van der Waals surface area contributed by atoms with E-state index in [9.17, 15) is 4.79 Å². The SMILES string of the molecule is Nc1sc2c(c1C(=O)C1CCCCC1)CCCC2. The van der Waals surface area contributed by atoms with Crippen molar-refractivity contribution in [3.05, 3.63) is 16.0 Å². The zero-order valence-electron chi connectivity index (χ0n) is 10.8. The van der Waals surface area contributed by atoms with Crippen LogP contribution in [0.15, 0.2) is 0 Å². The lowest BCUT2D eigenvalue weighted by molar-refractivity contribution is 0.0889. The summed E-state index contributed by atoms with van der Waals surface area (Å²) >= 11 is 1.67. The van der Waals surface area contributed by atoms with Crippen molar-refractivity contribution in [2.45, 2.75) is 57.8 Å². The van der Waals surface area contributed by atoms with Gasteiger partial charge >= 0.3 is 0 Å². The van der Waals surface area contributed by atoms with E-state index in [0.29, 0.717) is 5.78 Å². The van der Waals surface area contributed by atoms with Crippen molar-refractivity contribution in [2.24, 2.45) is 5.92 Å². The lowest BCUT2D eigenvalue weighted by Gasteiger charge is -2.21. The minimum atomic E-state index is 0.252. The molecule has 0 saturated heterocycles. The van der Waals surface area contributed by atoms with E-state index in [4.69, 9.17) is 5.73 Å². The maximum Gasteiger partial charge on any atom is 0.169 e. The van der Waals surface area contributed by atoms with Gasteiger partial charge in [0.05, 0.1) is 10.6 Å². The molecule has 2 aliphatic carbocycles. The van der Waals surface area contributed by atoms with E-state index in [0.717, 1.165) is 36.2 Å². The smallest absolute Gasteiger partial charge is 0.169 e. The second-order valence-corrected chi connectivity index (χ2v) is 6.79. The molecule has 2 aliphatic rings. The summed E-state index contributed by atoms with van der Waals surface area (Å²) in [5.74, 6) is 0.605. The summed E-state index contributed by atoms with van der Waals surface area (Å²) in [7, 11) is 0. The summed E-state index contributed by atoms with van der Waals surface area (Å²) in [4.78, 5) is 14.1. The van der Waals surface area contributed by atoms with Gasteiger partial charge in [-0.1, -0.05) is 19.3 Å². The molecule has 0 amide bonds. The first kappa shape index (κ1) is 12.2. The molecule has 0 atom stereocenters. The molecule has 0 aromatic carbocycles. The van der Waals surface area contributed by atoms with Crippen LogP contribution in [0.5, 0.6) is 0 Å². The van der Waals surface area contributed by atoms with Gasteiger partial charge in [-0.2, -0.15) is 0 Å². The molecule has 0 bridgehead atoms. The number of rotatable bonds is 2. The Hall–Kier alpha value is -0.830. The molecule has 1 saturated carbocycles. The second-order valence-electron chi connectivity index (χ2n) is 5.65. The van der Waals surface area contributed by atoms with E-state index in [1.807, 2.05) is 0 Å². The Bertz CT molecular complexity index is 457. The molecular weight excluding hydrogens is 242 g/mol. The van der Waals surface area contributed by atoms with Gasteiger partial charge < -0.3 is 5.73 Å². The summed E-state index contributed by atoms with van der Waals surface area (Å²) in [5.41, 5.74) is 8.35. The standard InChI is InChI=1S/C15H21NOS/c16-15-13(11-8-4-5-9-12(11)18-15)14(17)10-6-2-1-3-7-10/h10H,1-9,16H2. The van der Waals surface area contributed by atoms with E-state index in [2.05, 4.69) is 0 Å². The van der Waals surface area contributed by atoms with Crippen LogP contribution in [0, 0.1) is 5.92 Å². The highest BCUT2D eigenvalue weighted by molar-refractivity contribution is 7.16. The van der Waals surface area contributed by atoms with Gasteiger partial charge in [-0.3, -0.25) is 4.79 Å². The Kier molecular flexibility index (Phi) is 3.42. The van der Waals surface area contributed by atoms with Gasteiger partial charge in [0.2, 0.25) is 0 Å². The van der Waals surface area contributed by atoms with E-state index >= 15 is 0 Å². The molecular formula is C15H21NOS. The molecule has 0 spiro atoms. The molecule has 2 nitrogen and oxygen atoms in total. The van der Waals surface area contributed by atoms with Crippen LogP contribution in [-0.2, 0) is 12.8 Å². The summed E-state index contributed by atoms with van der Waals surface area (Å²) in [6.45, 7) is 0. The number of carbonyl (C=O) groups is 1. The highest BCUT2D eigenvalue weighted by Gasteiger charge is 2.29. The molecule has 1 aromatic heterocycles. The number of hydrogen-bond acceptors (Lipinski definition) is 3. The zero-order chi connectivity index (χ0) is 12.5. The first-order chi connectivity index (χ1) is 8.77. The topological polar surface area (TPSA) is 43.1 Å². The molecule has 1 aromatic rings. The molecule has 1 fully saturated rings. The molecule has 3 heteroatoms. The number of aryl methyl sites for hydroxylation is 1. The minimum absolute atomic E-state index is 0.252. The Labute approximate surface area is 113 Å².